The van der Waals surface area contributed by atoms with E-state index < -0.39 is 0 Å². The second-order valence-corrected chi connectivity index (χ2v) is 7.17. The van der Waals surface area contributed by atoms with Crippen LogP contribution in [0.25, 0.3) is 0 Å². The van der Waals surface area contributed by atoms with Crippen LogP contribution in [0.1, 0.15) is 19.4 Å². The number of piperazine rings is 1. The van der Waals surface area contributed by atoms with Crippen LogP contribution in [-0.2, 0) is 16.1 Å². The summed E-state index contributed by atoms with van der Waals surface area (Å²) in [5.74, 6) is 0.352. The number of methoxy groups -OCH3 is 1. The van der Waals surface area contributed by atoms with Gasteiger partial charge in [-0.1, -0.05) is 0 Å². The molecule has 7 nitrogen and oxygen atoms in total. The Kier molecular flexibility index (Phi) is 8.66. The van der Waals surface area contributed by atoms with E-state index in [-0.39, 0.29) is 24.2 Å². The van der Waals surface area contributed by atoms with Crippen molar-refractivity contribution in [1.82, 2.24) is 10.2 Å². The monoisotopic (exact) mass is 396 g/mol. The summed E-state index contributed by atoms with van der Waals surface area (Å²) in [6, 6.07) is 4.61. The second kappa shape index (κ2) is 11.0. The second-order valence-electron chi connectivity index (χ2n) is 7.17. The number of carbonyl (C=O) groups is 2. The van der Waals surface area contributed by atoms with Gasteiger partial charge in [0, 0.05) is 13.1 Å². The number of quaternary nitrogens is 2. The van der Waals surface area contributed by atoms with Crippen LogP contribution in [0.5, 0.6) is 5.75 Å². The third-order valence-corrected chi connectivity index (χ3v) is 5.19. The summed E-state index contributed by atoms with van der Waals surface area (Å²) in [5, 5.41) is 2.73. The summed E-state index contributed by atoms with van der Waals surface area (Å²) in [6.45, 7) is 9.64. The molecule has 8 heteroatoms. The molecular weight excluding hydrogens is 363 g/mol. The molecule has 1 aliphatic heterocycles. The molecule has 0 atom stereocenters. The maximum atomic E-state index is 13.6. The van der Waals surface area contributed by atoms with Gasteiger partial charge in [-0.2, -0.15) is 0 Å². The summed E-state index contributed by atoms with van der Waals surface area (Å²) >= 11 is 0. The number of ether oxygens (including phenoxy) is 1. The maximum Gasteiger partial charge on any atom is 0.278 e. The fourth-order valence-electron chi connectivity index (χ4n) is 3.59. The van der Waals surface area contributed by atoms with E-state index in [0.717, 1.165) is 31.7 Å². The van der Waals surface area contributed by atoms with Crippen molar-refractivity contribution in [2.45, 2.75) is 20.4 Å². The van der Waals surface area contributed by atoms with Gasteiger partial charge in [0.15, 0.2) is 6.54 Å². The van der Waals surface area contributed by atoms with Gasteiger partial charge in [0.25, 0.3) is 5.91 Å². The van der Waals surface area contributed by atoms with Crippen molar-refractivity contribution >= 4 is 11.8 Å². The van der Waals surface area contributed by atoms with E-state index in [0.29, 0.717) is 31.9 Å². The first-order valence-corrected chi connectivity index (χ1v) is 10.0. The van der Waals surface area contributed by atoms with Gasteiger partial charge in [-0.05, 0) is 32.0 Å². The fourth-order valence-corrected chi connectivity index (χ4v) is 3.59. The molecule has 0 spiro atoms. The smallest absolute Gasteiger partial charge is 0.278 e. The van der Waals surface area contributed by atoms with E-state index in [1.54, 1.807) is 18.1 Å². The van der Waals surface area contributed by atoms with Gasteiger partial charge >= 0.3 is 0 Å². The van der Waals surface area contributed by atoms with Crippen LogP contribution < -0.4 is 19.9 Å². The zero-order valence-electron chi connectivity index (χ0n) is 17.1. The first-order valence-electron chi connectivity index (χ1n) is 10.0. The lowest BCUT2D eigenvalue weighted by Crippen LogP contribution is -3.28. The van der Waals surface area contributed by atoms with Gasteiger partial charge < -0.3 is 24.8 Å². The summed E-state index contributed by atoms with van der Waals surface area (Å²) in [7, 11) is 1.60. The molecule has 3 N–H and O–H groups in total. The summed E-state index contributed by atoms with van der Waals surface area (Å²) in [4.78, 5) is 28.5. The molecular formula is C20H33FN4O3+2. The molecule has 1 fully saturated rings. The number of nitrogens with zero attached hydrogens (tertiary/aromatic N) is 1. The Labute approximate surface area is 166 Å². The van der Waals surface area contributed by atoms with Crippen LogP contribution in [0.3, 0.4) is 0 Å². The van der Waals surface area contributed by atoms with Gasteiger partial charge in [-0.3, -0.25) is 9.59 Å². The Bertz CT molecular complexity index is 663. The first kappa shape index (κ1) is 22.1. The van der Waals surface area contributed by atoms with Crippen LogP contribution >= 0.6 is 0 Å². The van der Waals surface area contributed by atoms with Gasteiger partial charge in [-0.15, -0.1) is 0 Å². The maximum absolute atomic E-state index is 13.6. The molecule has 0 aromatic heterocycles. The minimum atomic E-state index is -0.253. The molecule has 1 aromatic carbocycles. The molecule has 0 aliphatic carbocycles. The van der Waals surface area contributed by atoms with Crippen molar-refractivity contribution in [3.8, 4) is 5.75 Å². The summed E-state index contributed by atoms with van der Waals surface area (Å²) in [6.07, 6.45) is 0. The largest absolute Gasteiger partial charge is 0.496 e. The van der Waals surface area contributed by atoms with Crippen molar-refractivity contribution in [3.05, 3.63) is 29.6 Å². The molecule has 1 heterocycles. The van der Waals surface area contributed by atoms with E-state index in [2.05, 4.69) is 5.32 Å². The van der Waals surface area contributed by atoms with Crippen molar-refractivity contribution in [2.24, 2.45) is 0 Å². The van der Waals surface area contributed by atoms with Crippen molar-refractivity contribution in [2.75, 3.05) is 59.5 Å². The van der Waals surface area contributed by atoms with Crippen LogP contribution in [-0.4, -0.2) is 76.2 Å². The number of likely N-dealkylation sites (N-methyl/N-ethyl adjacent to an activating group) is 2. The number of rotatable bonds is 9. The van der Waals surface area contributed by atoms with Crippen LogP contribution in [0.2, 0.25) is 0 Å². The van der Waals surface area contributed by atoms with Crippen molar-refractivity contribution in [1.29, 1.82) is 0 Å². The molecule has 1 aromatic rings. The van der Waals surface area contributed by atoms with Crippen molar-refractivity contribution < 1.29 is 28.5 Å². The van der Waals surface area contributed by atoms with Crippen molar-refractivity contribution in [3.63, 3.8) is 0 Å². The molecule has 0 unspecified atom stereocenters. The number of nitrogens with one attached hydrogen (secondary N) is 3. The average Bonchev–Trinajstić information content (AvgIpc) is 2.68. The molecule has 156 valence electrons. The molecule has 1 saturated heterocycles. The first-order chi connectivity index (χ1) is 13.5. The SMILES string of the molecule is CCNC(=O)CN(CC)C(=O)C[NH+]1CC[NH+](Cc2cc(F)ccc2OC)CC1. The summed E-state index contributed by atoms with van der Waals surface area (Å²) < 4.78 is 18.9. The lowest BCUT2D eigenvalue weighted by atomic mass is 10.1. The topological polar surface area (TPSA) is 67.5 Å². The number of hydrogen-bond donors (Lipinski definition) is 3. The number of hydrogen-bond acceptors (Lipinski definition) is 3. The van der Waals surface area contributed by atoms with Gasteiger partial charge in [0.1, 0.15) is 44.3 Å². The Morgan fingerprint density at radius 1 is 1.18 bits per heavy atom. The molecule has 0 saturated carbocycles. The highest BCUT2D eigenvalue weighted by atomic mass is 19.1. The Balaban J connectivity index is 1.82. The number of benzene rings is 1. The van der Waals surface area contributed by atoms with E-state index in [4.69, 9.17) is 4.74 Å². The minimum Gasteiger partial charge on any atom is -0.496 e. The molecule has 0 radical (unpaired) electrons. The average molecular weight is 397 g/mol. The van der Waals surface area contributed by atoms with Gasteiger partial charge in [-0.25, -0.2) is 4.39 Å². The molecule has 1 aliphatic rings. The standard InChI is InChI=1S/C20H31FN4O3/c1-4-22-19(26)14-25(5-2)20(27)15-24-10-8-23(9-11-24)13-16-12-17(21)6-7-18(16)28-3/h6-7,12H,4-5,8-11,13-15H2,1-3H3,(H,22,26)/p+2. The summed E-state index contributed by atoms with van der Waals surface area (Å²) in [5.41, 5.74) is 0.871. The third-order valence-electron chi connectivity index (χ3n) is 5.19. The highest BCUT2D eigenvalue weighted by Crippen LogP contribution is 2.18. The van der Waals surface area contributed by atoms with Crippen LogP contribution in [0.4, 0.5) is 4.39 Å². The third kappa shape index (κ3) is 6.45. The lowest BCUT2D eigenvalue weighted by molar-refractivity contribution is -1.02. The van der Waals surface area contributed by atoms with E-state index in [9.17, 15) is 14.0 Å². The Morgan fingerprint density at radius 2 is 1.86 bits per heavy atom. The van der Waals surface area contributed by atoms with Crippen LogP contribution in [0.15, 0.2) is 18.2 Å². The lowest BCUT2D eigenvalue weighted by Gasteiger charge is -2.31. The fraction of sp³-hybridized carbons (Fsp3) is 0.600. The quantitative estimate of drug-likeness (QED) is 0.457. The number of amides is 2. The predicted molar refractivity (Wildman–Crippen MR) is 104 cm³/mol. The highest BCUT2D eigenvalue weighted by molar-refractivity contribution is 5.85. The minimum absolute atomic E-state index is 0.0130. The highest BCUT2D eigenvalue weighted by Gasteiger charge is 2.27. The zero-order valence-corrected chi connectivity index (χ0v) is 17.1. The normalized spacial score (nSPS) is 19.1. The van der Waals surface area contributed by atoms with E-state index >= 15 is 0 Å². The number of carbonyl (C=O) groups excluding carboxylic acids is 2. The van der Waals surface area contributed by atoms with Crippen LogP contribution in [0, 0.1) is 5.82 Å². The molecule has 0 bridgehead atoms. The van der Waals surface area contributed by atoms with E-state index in [1.807, 2.05) is 13.8 Å². The molecule has 28 heavy (non-hydrogen) atoms. The zero-order chi connectivity index (χ0) is 20.5. The molecule has 2 rings (SSSR count). The van der Waals surface area contributed by atoms with Gasteiger partial charge in [0.2, 0.25) is 5.91 Å². The number of halogens is 1. The van der Waals surface area contributed by atoms with E-state index in [1.165, 1.54) is 21.9 Å². The Hall–Kier alpha value is -2.19. The molecule has 2 amide bonds. The Morgan fingerprint density at radius 3 is 2.46 bits per heavy atom. The van der Waals surface area contributed by atoms with Gasteiger partial charge in [0.05, 0.1) is 19.2 Å². The predicted octanol–water partition coefficient (Wildman–Crippen LogP) is -1.90.